The first-order valence-electron chi connectivity index (χ1n) is 8.06. The molecular formula is C19H17FN2O4. The van der Waals surface area contributed by atoms with Crippen LogP contribution in [-0.2, 0) is 4.79 Å². The van der Waals surface area contributed by atoms with Gasteiger partial charge in [0.1, 0.15) is 5.82 Å². The van der Waals surface area contributed by atoms with E-state index in [0.717, 1.165) is 12.8 Å². The molecule has 7 heteroatoms. The zero-order chi connectivity index (χ0) is 18.5. The zero-order valence-electron chi connectivity index (χ0n) is 14.1. The van der Waals surface area contributed by atoms with Gasteiger partial charge in [-0.05, 0) is 48.7 Å². The van der Waals surface area contributed by atoms with Gasteiger partial charge in [0.25, 0.3) is 5.91 Å². The largest absolute Gasteiger partial charge is 0.493 e. The summed E-state index contributed by atoms with van der Waals surface area (Å²) in [5, 5.41) is 3.81. The molecule has 2 aromatic rings. The van der Waals surface area contributed by atoms with E-state index < -0.39 is 11.7 Å². The first-order chi connectivity index (χ1) is 12.6. The first kappa shape index (κ1) is 17.6. The van der Waals surface area contributed by atoms with Crippen LogP contribution in [0.2, 0.25) is 0 Å². The van der Waals surface area contributed by atoms with Crippen LogP contribution >= 0.6 is 0 Å². The molecule has 0 bridgehead atoms. The van der Waals surface area contributed by atoms with Crippen molar-refractivity contribution in [3.05, 3.63) is 59.4 Å². The van der Waals surface area contributed by atoms with Gasteiger partial charge in [0.15, 0.2) is 11.5 Å². The van der Waals surface area contributed by atoms with Crippen molar-refractivity contribution in [2.24, 2.45) is 11.0 Å². The third-order valence-corrected chi connectivity index (χ3v) is 3.81. The van der Waals surface area contributed by atoms with Crippen molar-refractivity contribution in [3.63, 3.8) is 0 Å². The quantitative estimate of drug-likeness (QED) is 0.374. The minimum atomic E-state index is -0.652. The number of esters is 1. The minimum Gasteiger partial charge on any atom is -0.493 e. The molecule has 1 amide bonds. The lowest BCUT2D eigenvalue weighted by atomic mass is 10.2. The second-order valence-corrected chi connectivity index (χ2v) is 5.78. The van der Waals surface area contributed by atoms with Gasteiger partial charge in [0.05, 0.1) is 24.8 Å². The van der Waals surface area contributed by atoms with E-state index in [4.69, 9.17) is 9.47 Å². The fraction of sp³-hybridized carbons (Fsp3) is 0.211. The zero-order valence-corrected chi connectivity index (χ0v) is 14.1. The summed E-state index contributed by atoms with van der Waals surface area (Å²) in [6, 6.07) is 10.5. The van der Waals surface area contributed by atoms with Crippen LogP contribution in [0.4, 0.5) is 4.39 Å². The topological polar surface area (TPSA) is 77.0 Å². The van der Waals surface area contributed by atoms with Crippen molar-refractivity contribution in [3.8, 4) is 11.5 Å². The van der Waals surface area contributed by atoms with E-state index in [1.165, 1.54) is 31.5 Å². The Morgan fingerprint density at radius 1 is 1.19 bits per heavy atom. The Balaban J connectivity index is 1.65. The van der Waals surface area contributed by atoms with E-state index in [1.54, 1.807) is 24.3 Å². The maximum absolute atomic E-state index is 13.5. The summed E-state index contributed by atoms with van der Waals surface area (Å²) in [6.07, 6.45) is 3.09. The van der Waals surface area contributed by atoms with Gasteiger partial charge in [-0.2, -0.15) is 5.10 Å². The molecule has 0 aliphatic heterocycles. The molecule has 1 N–H and O–H groups in total. The van der Waals surface area contributed by atoms with Crippen LogP contribution in [0.1, 0.15) is 28.8 Å². The standard InChI is InChI=1S/C19H17FN2O4/c1-25-17-10-12(6-9-16(17)26-19(24)13-7-8-13)11-21-22-18(23)14-4-2-3-5-15(14)20/h2-6,9-11,13H,7-8H2,1H3,(H,22,23)/b21-11-. The minimum absolute atomic E-state index is 0.0189. The van der Waals surface area contributed by atoms with Crippen molar-refractivity contribution in [1.82, 2.24) is 5.43 Å². The molecule has 0 heterocycles. The lowest BCUT2D eigenvalue weighted by Crippen LogP contribution is -2.18. The van der Waals surface area contributed by atoms with Gasteiger partial charge in [-0.15, -0.1) is 0 Å². The Kier molecular flexibility index (Phi) is 5.26. The second kappa shape index (κ2) is 7.77. The van der Waals surface area contributed by atoms with E-state index in [1.807, 2.05) is 0 Å². The fourth-order valence-electron chi connectivity index (χ4n) is 2.23. The lowest BCUT2D eigenvalue weighted by Gasteiger charge is -2.09. The van der Waals surface area contributed by atoms with Crippen LogP contribution in [0.3, 0.4) is 0 Å². The van der Waals surface area contributed by atoms with Crippen LogP contribution in [0.5, 0.6) is 11.5 Å². The van der Waals surface area contributed by atoms with Crippen molar-refractivity contribution < 1.29 is 23.5 Å². The Labute approximate surface area is 149 Å². The molecule has 26 heavy (non-hydrogen) atoms. The average Bonchev–Trinajstić information content (AvgIpc) is 3.48. The van der Waals surface area contributed by atoms with Crippen LogP contribution < -0.4 is 14.9 Å². The predicted molar refractivity (Wildman–Crippen MR) is 92.8 cm³/mol. The molecule has 2 aromatic carbocycles. The highest BCUT2D eigenvalue weighted by atomic mass is 19.1. The van der Waals surface area contributed by atoms with Crippen molar-refractivity contribution in [1.29, 1.82) is 0 Å². The van der Waals surface area contributed by atoms with Gasteiger partial charge in [-0.25, -0.2) is 9.82 Å². The van der Waals surface area contributed by atoms with Gasteiger partial charge in [-0.1, -0.05) is 12.1 Å². The number of hydrogen-bond acceptors (Lipinski definition) is 5. The highest BCUT2D eigenvalue weighted by molar-refractivity contribution is 5.95. The third-order valence-electron chi connectivity index (χ3n) is 3.81. The number of nitrogens with zero attached hydrogens (tertiary/aromatic N) is 1. The van der Waals surface area contributed by atoms with Gasteiger partial charge < -0.3 is 9.47 Å². The summed E-state index contributed by atoms with van der Waals surface area (Å²) in [6.45, 7) is 0. The van der Waals surface area contributed by atoms with Gasteiger partial charge in [-0.3, -0.25) is 9.59 Å². The molecule has 0 aromatic heterocycles. The van der Waals surface area contributed by atoms with Gasteiger partial charge in [0, 0.05) is 0 Å². The number of benzene rings is 2. The highest BCUT2D eigenvalue weighted by Crippen LogP contribution is 2.34. The molecule has 0 atom stereocenters. The van der Waals surface area contributed by atoms with E-state index in [0.29, 0.717) is 17.1 Å². The van der Waals surface area contributed by atoms with Gasteiger partial charge >= 0.3 is 5.97 Å². The number of rotatable bonds is 6. The third kappa shape index (κ3) is 4.24. The molecule has 1 fully saturated rings. The summed E-state index contributed by atoms with van der Waals surface area (Å²) in [5.74, 6) is -0.846. The van der Waals surface area contributed by atoms with E-state index in [-0.39, 0.29) is 17.5 Å². The molecule has 1 aliphatic rings. The number of hydrazone groups is 1. The molecule has 1 saturated carbocycles. The molecule has 6 nitrogen and oxygen atoms in total. The Bertz CT molecular complexity index is 862. The summed E-state index contributed by atoms with van der Waals surface area (Å²) in [7, 11) is 1.46. The maximum Gasteiger partial charge on any atom is 0.314 e. The van der Waals surface area contributed by atoms with Crippen LogP contribution in [0, 0.1) is 11.7 Å². The Morgan fingerprint density at radius 3 is 2.65 bits per heavy atom. The summed E-state index contributed by atoms with van der Waals surface area (Å²) >= 11 is 0. The number of amides is 1. The summed E-state index contributed by atoms with van der Waals surface area (Å²) in [5.41, 5.74) is 2.78. The Hall–Kier alpha value is -3.22. The molecule has 0 radical (unpaired) electrons. The molecule has 134 valence electrons. The number of methoxy groups -OCH3 is 1. The molecule has 3 rings (SSSR count). The van der Waals surface area contributed by atoms with Crippen molar-refractivity contribution >= 4 is 18.1 Å². The molecular weight excluding hydrogens is 339 g/mol. The number of nitrogens with one attached hydrogen (secondary N) is 1. The summed E-state index contributed by atoms with van der Waals surface area (Å²) in [4.78, 5) is 23.6. The van der Waals surface area contributed by atoms with Crippen LogP contribution in [0.15, 0.2) is 47.6 Å². The first-order valence-corrected chi connectivity index (χ1v) is 8.06. The number of halogens is 1. The van der Waals surface area contributed by atoms with Crippen LogP contribution in [-0.4, -0.2) is 25.2 Å². The lowest BCUT2D eigenvalue weighted by molar-refractivity contribution is -0.135. The monoisotopic (exact) mass is 356 g/mol. The van der Waals surface area contributed by atoms with E-state index >= 15 is 0 Å². The predicted octanol–water partition coefficient (Wildman–Crippen LogP) is 2.91. The summed E-state index contributed by atoms with van der Waals surface area (Å²) < 4.78 is 24.1. The number of hydrogen-bond donors (Lipinski definition) is 1. The maximum atomic E-state index is 13.5. The second-order valence-electron chi connectivity index (χ2n) is 5.78. The molecule has 0 spiro atoms. The smallest absolute Gasteiger partial charge is 0.314 e. The van der Waals surface area contributed by atoms with Crippen molar-refractivity contribution in [2.45, 2.75) is 12.8 Å². The van der Waals surface area contributed by atoms with E-state index in [2.05, 4.69) is 10.5 Å². The van der Waals surface area contributed by atoms with Crippen molar-refractivity contribution in [2.75, 3.05) is 7.11 Å². The fourth-order valence-corrected chi connectivity index (χ4v) is 2.23. The average molecular weight is 356 g/mol. The molecule has 0 saturated heterocycles. The highest BCUT2D eigenvalue weighted by Gasteiger charge is 2.32. The number of carbonyl (C=O) groups is 2. The van der Waals surface area contributed by atoms with E-state index in [9.17, 15) is 14.0 Å². The van der Waals surface area contributed by atoms with Gasteiger partial charge in [0.2, 0.25) is 0 Å². The van der Waals surface area contributed by atoms with Crippen LogP contribution in [0.25, 0.3) is 0 Å². The normalized spacial score (nSPS) is 13.5. The number of ether oxygens (including phenoxy) is 2. The SMILES string of the molecule is COc1cc(/C=N\NC(=O)c2ccccc2F)ccc1OC(=O)C1CC1. The Morgan fingerprint density at radius 2 is 1.96 bits per heavy atom. The molecule has 1 aliphatic carbocycles. The molecule has 0 unspecified atom stereocenters. The number of carbonyl (C=O) groups excluding carboxylic acids is 2.